The number of H-pyrrole nitrogens is 1. The molecule has 8 heteroatoms. The number of hydrogen-bond donors (Lipinski definition) is 2. The van der Waals surface area contributed by atoms with Gasteiger partial charge in [-0.1, -0.05) is 23.2 Å². The Balaban J connectivity index is 2.10. The number of imidazole rings is 1. The van der Waals surface area contributed by atoms with Crippen molar-refractivity contribution in [2.75, 3.05) is 5.32 Å². The van der Waals surface area contributed by atoms with Gasteiger partial charge in [0.15, 0.2) is 11.5 Å². The molecule has 0 atom stereocenters. The maximum atomic E-state index is 6.09. The van der Waals surface area contributed by atoms with E-state index in [-0.39, 0.29) is 5.28 Å². The molecule has 0 aliphatic carbocycles. The van der Waals surface area contributed by atoms with E-state index >= 15 is 0 Å². The average molecular weight is 315 g/mol. The third kappa shape index (κ3) is 2.45. The molecule has 0 saturated heterocycles. The van der Waals surface area contributed by atoms with E-state index in [4.69, 9.17) is 34.8 Å². The second-order valence-electron chi connectivity index (χ2n) is 3.69. The summed E-state index contributed by atoms with van der Waals surface area (Å²) in [4.78, 5) is 15.1. The Morgan fingerprint density at radius 3 is 2.79 bits per heavy atom. The summed E-state index contributed by atoms with van der Waals surface area (Å²) in [6.45, 7) is 0. The number of hydrogen-bond acceptors (Lipinski definition) is 4. The van der Waals surface area contributed by atoms with Crippen molar-refractivity contribution in [1.82, 2.24) is 19.9 Å². The van der Waals surface area contributed by atoms with Crippen LogP contribution in [0.15, 0.2) is 24.5 Å². The van der Waals surface area contributed by atoms with E-state index in [1.54, 1.807) is 18.2 Å². The Bertz CT molecular complexity index is 755. The van der Waals surface area contributed by atoms with Gasteiger partial charge in [-0.05, 0) is 29.8 Å². The van der Waals surface area contributed by atoms with Crippen LogP contribution in [0.5, 0.6) is 0 Å². The highest BCUT2D eigenvalue weighted by molar-refractivity contribution is 6.35. The summed E-state index contributed by atoms with van der Waals surface area (Å²) < 4.78 is 0. The van der Waals surface area contributed by atoms with Crippen LogP contribution in [0.1, 0.15) is 0 Å². The first-order valence-corrected chi connectivity index (χ1v) is 6.35. The number of halogens is 3. The van der Waals surface area contributed by atoms with Gasteiger partial charge >= 0.3 is 0 Å². The van der Waals surface area contributed by atoms with E-state index in [1.807, 2.05) is 0 Å². The van der Waals surface area contributed by atoms with Crippen LogP contribution in [0.25, 0.3) is 11.2 Å². The fourth-order valence-electron chi connectivity index (χ4n) is 1.62. The maximum Gasteiger partial charge on any atom is 0.226 e. The van der Waals surface area contributed by atoms with E-state index in [0.717, 1.165) is 0 Å². The predicted molar refractivity (Wildman–Crippen MR) is 76.4 cm³/mol. The Morgan fingerprint density at radius 2 is 1.95 bits per heavy atom. The van der Waals surface area contributed by atoms with Crippen LogP contribution in [0.2, 0.25) is 15.3 Å². The zero-order valence-corrected chi connectivity index (χ0v) is 11.6. The average Bonchev–Trinajstić information content (AvgIpc) is 2.82. The molecule has 0 saturated carbocycles. The molecule has 0 fully saturated rings. The fraction of sp³-hybridized carbons (Fsp3) is 0. The maximum absolute atomic E-state index is 6.09. The highest BCUT2D eigenvalue weighted by Crippen LogP contribution is 2.30. The van der Waals surface area contributed by atoms with E-state index in [9.17, 15) is 0 Å². The third-order valence-electron chi connectivity index (χ3n) is 2.44. The van der Waals surface area contributed by atoms with Crippen LogP contribution in [0, 0.1) is 0 Å². The minimum atomic E-state index is 0.0975. The van der Waals surface area contributed by atoms with Crippen LogP contribution in [0.4, 0.5) is 11.5 Å². The first kappa shape index (κ1) is 12.5. The van der Waals surface area contributed by atoms with Crippen molar-refractivity contribution in [3.8, 4) is 0 Å². The quantitative estimate of drug-likeness (QED) is 0.700. The van der Waals surface area contributed by atoms with E-state index in [0.29, 0.717) is 32.7 Å². The van der Waals surface area contributed by atoms with Gasteiger partial charge in [-0.3, -0.25) is 0 Å². The lowest BCUT2D eigenvalue weighted by Gasteiger charge is -2.08. The normalized spacial score (nSPS) is 10.9. The molecule has 0 bridgehead atoms. The highest BCUT2D eigenvalue weighted by atomic mass is 35.5. The van der Waals surface area contributed by atoms with Crippen molar-refractivity contribution >= 4 is 57.5 Å². The summed E-state index contributed by atoms with van der Waals surface area (Å²) in [5, 5.41) is 4.24. The minimum absolute atomic E-state index is 0.0975. The third-order valence-corrected chi connectivity index (χ3v) is 3.17. The van der Waals surface area contributed by atoms with Gasteiger partial charge in [-0.2, -0.15) is 9.97 Å². The zero-order chi connectivity index (χ0) is 13.4. The molecule has 0 aliphatic rings. The van der Waals surface area contributed by atoms with Crippen molar-refractivity contribution in [1.29, 1.82) is 0 Å². The monoisotopic (exact) mass is 313 g/mol. The van der Waals surface area contributed by atoms with Gasteiger partial charge in [0.05, 0.1) is 17.0 Å². The van der Waals surface area contributed by atoms with Crippen LogP contribution in [-0.2, 0) is 0 Å². The van der Waals surface area contributed by atoms with Gasteiger partial charge < -0.3 is 10.3 Å². The van der Waals surface area contributed by atoms with Crippen molar-refractivity contribution in [3.63, 3.8) is 0 Å². The molecule has 2 N–H and O–H groups in total. The van der Waals surface area contributed by atoms with Crippen LogP contribution >= 0.6 is 34.8 Å². The second-order valence-corrected chi connectivity index (χ2v) is 4.87. The number of aromatic amines is 1. The summed E-state index contributed by atoms with van der Waals surface area (Å²) in [6.07, 6.45) is 1.51. The van der Waals surface area contributed by atoms with Gasteiger partial charge in [-0.15, -0.1) is 0 Å². The molecule has 3 rings (SSSR count). The fourth-order valence-corrected chi connectivity index (χ4v) is 2.12. The molecule has 2 aromatic heterocycles. The molecular weight excluding hydrogens is 309 g/mol. The van der Waals surface area contributed by atoms with Gasteiger partial charge in [0.1, 0.15) is 5.52 Å². The standard InChI is InChI=1S/C11H6Cl3N5/c12-5-1-2-6(13)7(3-5)17-10-8-9(16-4-15-8)18-11(14)19-10/h1-4H,(H2,15,16,17,18,19). The van der Waals surface area contributed by atoms with Crippen LogP contribution < -0.4 is 5.32 Å². The Hall–Kier alpha value is -1.56. The largest absolute Gasteiger partial charge is 0.340 e. The molecule has 3 aromatic rings. The molecule has 5 nitrogen and oxygen atoms in total. The number of nitrogens with zero attached hydrogens (tertiary/aromatic N) is 3. The van der Waals surface area contributed by atoms with E-state index in [2.05, 4.69) is 25.3 Å². The molecule has 0 unspecified atom stereocenters. The number of fused-ring (bicyclic) bond motifs is 1. The van der Waals surface area contributed by atoms with Crippen LogP contribution in [-0.4, -0.2) is 19.9 Å². The molecule has 19 heavy (non-hydrogen) atoms. The lowest BCUT2D eigenvalue weighted by atomic mass is 10.3. The number of benzene rings is 1. The first-order chi connectivity index (χ1) is 9.13. The van der Waals surface area contributed by atoms with Crippen molar-refractivity contribution < 1.29 is 0 Å². The van der Waals surface area contributed by atoms with Gasteiger partial charge in [0.25, 0.3) is 0 Å². The van der Waals surface area contributed by atoms with Crippen LogP contribution in [0.3, 0.4) is 0 Å². The Morgan fingerprint density at radius 1 is 1.11 bits per heavy atom. The molecule has 2 heterocycles. The number of anilines is 2. The number of aromatic nitrogens is 4. The Kier molecular flexibility index (Phi) is 3.18. The highest BCUT2D eigenvalue weighted by Gasteiger charge is 2.10. The van der Waals surface area contributed by atoms with Crippen molar-refractivity contribution in [2.24, 2.45) is 0 Å². The molecule has 0 amide bonds. The minimum Gasteiger partial charge on any atom is -0.340 e. The molecular formula is C11H6Cl3N5. The lowest BCUT2D eigenvalue weighted by Crippen LogP contribution is -1.97. The Labute approximate surface area is 122 Å². The van der Waals surface area contributed by atoms with Crippen molar-refractivity contribution in [2.45, 2.75) is 0 Å². The van der Waals surface area contributed by atoms with E-state index in [1.165, 1.54) is 6.33 Å². The lowest BCUT2D eigenvalue weighted by molar-refractivity contribution is 1.20. The molecule has 0 aliphatic heterocycles. The number of rotatable bonds is 2. The topological polar surface area (TPSA) is 66.5 Å². The first-order valence-electron chi connectivity index (χ1n) is 5.22. The molecule has 1 aromatic carbocycles. The SMILES string of the molecule is Clc1ccc(Cl)c(Nc2nc(Cl)nc3nc[nH]c23)c1. The van der Waals surface area contributed by atoms with Crippen molar-refractivity contribution in [3.05, 3.63) is 39.9 Å². The van der Waals surface area contributed by atoms with Gasteiger partial charge in [0.2, 0.25) is 5.28 Å². The molecule has 96 valence electrons. The summed E-state index contributed by atoms with van der Waals surface area (Å²) in [7, 11) is 0. The second kappa shape index (κ2) is 4.85. The smallest absolute Gasteiger partial charge is 0.226 e. The zero-order valence-electron chi connectivity index (χ0n) is 9.28. The van der Waals surface area contributed by atoms with E-state index < -0.39 is 0 Å². The summed E-state index contributed by atoms with van der Waals surface area (Å²) in [5.41, 5.74) is 1.74. The summed E-state index contributed by atoms with van der Waals surface area (Å²) in [5.74, 6) is 0.483. The number of nitrogens with one attached hydrogen (secondary N) is 2. The van der Waals surface area contributed by atoms with Gasteiger partial charge in [0, 0.05) is 5.02 Å². The summed E-state index contributed by atoms with van der Waals surface area (Å²) >= 11 is 17.9. The molecule has 0 radical (unpaired) electrons. The van der Waals surface area contributed by atoms with Gasteiger partial charge in [-0.25, -0.2) is 4.98 Å². The summed E-state index contributed by atoms with van der Waals surface area (Å²) in [6, 6.07) is 5.09. The molecule has 0 spiro atoms. The predicted octanol–water partition coefficient (Wildman–Crippen LogP) is 4.06.